The third kappa shape index (κ3) is 1.56. The summed E-state index contributed by atoms with van der Waals surface area (Å²) in [7, 11) is 0. The number of thiophene rings is 1. The predicted octanol–water partition coefficient (Wildman–Crippen LogP) is 2.44. The SMILES string of the molecule is CSC(=N)c1ccsc1. The van der Waals surface area contributed by atoms with Crippen LogP contribution in [0.1, 0.15) is 5.56 Å². The van der Waals surface area contributed by atoms with E-state index in [1.807, 2.05) is 23.1 Å². The van der Waals surface area contributed by atoms with Gasteiger partial charge in [-0.1, -0.05) is 0 Å². The lowest BCUT2D eigenvalue weighted by atomic mass is 10.4. The van der Waals surface area contributed by atoms with Gasteiger partial charge in [0, 0.05) is 10.9 Å². The van der Waals surface area contributed by atoms with Gasteiger partial charge in [-0.05, 0) is 17.7 Å². The average Bonchev–Trinajstić information content (AvgIpc) is 2.37. The molecule has 1 nitrogen and oxygen atoms in total. The molecule has 3 heteroatoms. The Morgan fingerprint density at radius 1 is 1.78 bits per heavy atom. The standard InChI is InChI=1S/C6H7NS2/c1-8-6(7)5-2-3-9-4-5/h2-4,7H,1H3. The van der Waals surface area contributed by atoms with Crippen LogP contribution in [-0.4, -0.2) is 11.3 Å². The second kappa shape index (κ2) is 3.03. The van der Waals surface area contributed by atoms with Gasteiger partial charge < -0.3 is 0 Å². The summed E-state index contributed by atoms with van der Waals surface area (Å²) in [5.74, 6) is 0. The lowest BCUT2D eigenvalue weighted by Crippen LogP contribution is -1.86. The Kier molecular flexibility index (Phi) is 2.30. The normalized spacial score (nSPS) is 9.44. The molecule has 0 aliphatic heterocycles. The summed E-state index contributed by atoms with van der Waals surface area (Å²) in [5, 5.41) is 12.0. The number of hydrogen-bond donors (Lipinski definition) is 1. The highest BCUT2D eigenvalue weighted by Crippen LogP contribution is 2.11. The second-order valence-corrected chi connectivity index (χ2v) is 3.14. The molecule has 1 aromatic rings. The van der Waals surface area contributed by atoms with Crippen LogP contribution >= 0.6 is 23.1 Å². The van der Waals surface area contributed by atoms with E-state index in [9.17, 15) is 0 Å². The summed E-state index contributed by atoms with van der Waals surface area (Å²) in [5.41, 5.74) is 1.03. The van der Waals surface area contributed by atoms with Crippen LogP contribution in [0.15, 0.2) is 16.8 Å². The minimum atomic E-state index is 0.649. The number of nitrogens with one attached hydrogen (secondary N) is 1. The minimum absolute atomic E-state index is 0.649. The zero-order chi connectivity index (χ0) is 6.69. The predicted molar refractivity (Wildman–Crippen MR) is 44.7 cm³/mol. The largest absolute Gasteiger partial charge is 0.293 e. The zero-order valence-electron chi connectivity index (χ0n) is 5.05. The summed E-state index contributed by atoms with van der Waals surface area (Å²) in [6.45, 7) is 0. The van der Waals surface area contributed by atoms with Crippen LogP contribution < -0.4 is 0 Å². The smallest absolute Gasteiger partial charge is 0.0948 e. The highest BCUT2D eigenvalue weighted by Gasteiger charge is 1.96. The molecule has 1 rings (SSSR count). The quantitative estimate of drug-likeness (QED) is 0.491. The Hall–Kier alpha value is -0.280. The Balaban J connectivity index is 2.77. The van der Waals surface area contributed by atoms with Gasteiger partial charge in [0.2, 0.25) is 0 Å². The van der Waals surface area contributed by atoms with E-state index < -0.39 is 0 Å². The van der Waals surface area contributed by atoms with Crippen LogP contribution in [0.3, 0.4) is 0 Å². The Morgan fingerprint density at radius 2 is 2.56 bits per heavy atom. The van der Waals surface area contributed by atoms with Crippen LogP contribution in [-0.2, 0) is 0 Å². The van der Waals surface area contributed by atoms with E-state index in [0.29, 0.717) is 5.04 Å². The van der Waals surface area contributed by atoms with Crippen LogP contribution in [0, 0.1) is 5.41 Å². The molecule has 0 saturated heterocycles. The van der Waals surface area contributed by atoms with E-state index in [1.165, 1.54) is 11.8 Å². The molecule has 0 radical (unpaired) electrons. The molecule has 0 unspecified atom stereocenters. The molecule has 1 N–H and O–H groups in total. The van der Waals surface area contributed by atoms with Crippen molar-refractivity contribution in [1.29, 1.82) is 5.41 Å². The summed E-state index contributed by atoms with van der Waals surface area (Å²) < 4.78 is 0. The van der Waals surface area contributed by atoms with Crippen molar-refractivity contribution in [2.24, 2.45) is 0 Å². The van der Waals surface area contributed by atoms with Crippen molar-refractivity contribution in [3.8, 4) is 0 Å². The molecule has 0 amide bonds. The fourth-order valence-corrected chi connectivity index (χ4v) is 1.60. The molecule has 1 heterocycles. The number of rotatable bonds is 1. The molecule has 0 bridgehead atoms. The summed E-state index contributed by atoms with van der Waals surface area (Å²) in [6.07, 6.45) is 1.92. The van der Waals surface area contributed by atoms with E-state index in [1.54, 1.807) is 11.3 Å². The fraction of sp³-hybridized carbons (Fsp3) is 0.167. The highest BCUT2D eigenvalue weighted by atomic mass is 32.2. The van der Waals surface area contributed by atoms with Gasteiger partial charge in [-0.25, -0.2) is 0 Å². The van der Waals surface area contributed by atoms with Gasteiger partial charge in [0.15, 0.2) is 0 Å². The van der Waals surface area contributed by atoms with E-state index in [4.69, 9.17) is 5.41 Å². The number of thioether (sulfide) groups is 1. The lowest BCUT2D eigenvalue weighted by molar-refractivity contribution is 1.55. The summed E-state index contributed by atoms with van der Waals surface area (Å²) in [6, 6.07) is 1.96. The molecular formula is C6H7NS2. The maximum Gasteiger partial charge on any atom is 0.0948 e. The molecule has 0 aromatic carbocycles. The minimum Gasteiger partial charge on any atom is -0.293 e. The summed E-state index contributed by atoms with van der Waals surface area (Å²) >= 11 is 3.10. The van der Waals surface area contributed by atoms with E-state index >= 15 is 0 Å². The Morgan fingerprint density at radius 3 is 3.00 bits per heavy atom. The van der Waals surface area contributed by atoms with Crippen molar-refractivity contribution in [2.75, 3.05) is 6.26 Å². The highest BCUT2D eigenvalue weighted by molar-refractivity contribution is 8.13. The van der Waals surface area contributed by atoms with Gasteiger partial charge in [0.1, 0.15) is 0 Å². The lowest BCUT2D eigenvalue weighted by Gasteiger charge is -1.91. The molecule has 0 fully saturated rings. The van der Waals surface area contributed by atoms with Crippen molar-refractivity contribution < 1.29 is 0 Å². The fourth-order valence-electron chi connectivity index (χ4n) is 0.512. The van der Waals surface area contributed by atoms with E-state index in [2.05, 4.69) is 0 Å². The molecule has 48 valence electrons. The first kappa shape index (κ1) is 6.83. The molecular weight excluding hydrogens is 150 g/mol. The van der Waals surface area contributed by atoms with Crippen LogP contribution in [0.4, 0.5) is 0 Å². The first-order chi connectivity index (χ1) is 4.34. The molecule has 1 aromatic heterocycles. The Labute approximate surface area is 62.6 Å². The molecule has 0 atom stereocenters. The van der Waals surface area contributed by atoms with Crippen molar-refractivity contribution in [3.05, 3.63) is 22.4 Å². The molecule has 0 aliphatic rings. The van der Waals surface area contributed by atoms with Crippen LogP contribution in [0.5, 0.6) is 0 Å². The maximum absolute atomic E-state index is 7.36. The topological polar surface area (TPSA) is 23.9 Å². The summed E-state index contributed by atoms with van der Waals surface area (Å²) in [4.78, 5) is 0. The van der Waals surface area contributed by atoms with Crippen LogP contribution in [0.25, 0.3) is 0 Å². The van der Waals surface area contributed by atoms with Crippen molar-refractivity contribution in [2.45, 2.75) is 0 Å². The van der Waals surface area contributed by atoms with E-state index in [-0.39, 0.29) is 0 Å². The van der Waals surface area contributed by atoms with Gasteiger partial charge in [0.05, 0.1) is 5.04 Å². The second-order valence-electron chi connectivity index (χ2n) is 1.55. The third-order valence-corrected chi connectivity index (χ3v) is 2.31. The monoisotopic (exact) mass is 157 g/mol. The van der Waals surface area contributed by atoms with Gasteiger partial charge in [-0.15, -0.1) is 11.8 Å². The number of hydrogen-bond acceptors (Lipinski definition) is 3. The van der Waals surface area contributed by atoms with Gasteiger partial charge in [0.25, 0.3) is 0 Å². The first-order valence-electron chi connectivity index (χ1n) is 2.49. The van der Waals surface area contributed by atoms with Crippen molar-refractivity contribution >= 4 is 28.1 Å². The average molecular weight is 157 g/mol. The zero-order valence-corrected chi connectivity index (χ0v) is 6.68. The first-order valence-corrected chi connectivity index (χ1v) is 4.66. The molecule has 0 spiro atoms. The molecule has 9 heavy (non-hydrogen) atoms. The molecule has 0 aliphatic carbocycles. The van der Waals surface area contributed by atoms with Crippen molar-refractivity contribution in [1.82, 2.24) is 0 Å². The Bertz CT molecular complexity index is 191. The van der Waals surface area contributed by atoms with Crippen LogP contribution in [0.2, 0.25) is 0 Å². The van der Waals surface area contributed by atoms with Gasteiger partial charge in [-0.3, -0.25) is 5.41 Å². The van der Waals surface area contributed by atoms with Crippen molar-refractivity contribution in [3.63, 3.8) is 0 Å². The van der Waals surface area contributed by atoms with Gasteiger partial charge in [-0.2, -0.15) is 11.3 Å². The maximum atomic E-state index is 7.36. The van der Waals surface area contributed by atoms with E-state index in [0.717, 1.165) is 5.56 Å². The third-order valence-electron chi connectivity index (χ3n) is 0.987. The molecule has 0 saturated carbocycles. The van der Waals surface area contributed by atoms with Gasteiger partial charge >= 0.3 is 0 Å².